The Morgan fingerprint density at radius 3 is 2.71 bits per heavy atom. The highest BCUT2D eigenvalue weighted by Crippen LogP contribution is 2.32. The first-order valence-electron chi connectivity index (χ1n) is 10.2. The summed E-state index contributed by atoms with van der Waals surface area (Å²) >= 11 is 0. The number of nitrogens with one attached hydrogen (secondary N) is 1. The zero-order valence-corrected chi connectivity index (χ0v) is 16.3. The summed E-state index contributed by atoms with van der Waals surface area (Å²) in [5, 5.41) is 10.2. The lowest BCUT2D eigenvalue weighted by Crippen LogP contribution is -2.50. The number of hydrogen-bond donors (Lipinski definition) is 1. The number of morpholine rings is 1. The van der Waals surface area contributed by atoms with Gasteiger partial charge in [0.05, 0.1) is 19.4 Å². The van der Waals surface area contributed by atoms with Gasteiger partial charge in [-0.3, -0.25) is 9.58 Å². The summed E-state index contributed by atoms with van der Waals surface area (Å²) in [6.07, 6.45) is 8.48. The molecule has 1 aromatic carbocycles. The number of hydrogen-bond acceptors (Lipinski definition) is 5. The Morgan fingerprint density at radius 2 is 1.93 bits per heavy atom. The summed E-state index contributed by atoms with van der Waals surface area (Å²) in [4.78, 5) is 7.19. The van der Waals surface area contributed by atoms with Crippen molar-refractivity contribution in [1.29, 1.82) is 0 Å². The van der Waals surface area contributed by atoms with Gasteiger partial charge < -0.3 is 10.1 Å². The molecule has 1 aliphatic heterocycles. The van der Waals surface area contributed by atoms with Crippen molar-refractivity contribution in [3.63, 3.8) is 0 Å². The fourth-order valence-corrected chi connectivity index (χ4v) is 4.34. The van der Waals surface area contributed by atoms with Crippen molar-refractivity contribution in [2.24, 2.45) is 13.0 Å². The Labute approximate surface area is 165 Å². The van der Waals surface area contributed by atoms with Gasteiger partial charge in [-0.05, 0) is 41.8 Å². The topological polar surface area (TPSA) is 55.2 Å². The SMILES string of the molecule is Cn1cc(-c2ccc3cnc(NCC4CC(N5CCOCC5)C4)cc3c2)cn1. The summed E-state index contributed by atoms with van der Waals surface area (Å²) in [5.41, 5.74) is 2.32. The van der Waals surface area contributed by atoms with E-state index in [9.17, 15) is 0 Å². The smallest absolute Gasteiger partial charge is 0.126 e. The summed E-state index contributed by atoms with van der Waals surface area (Å²) in [5.74, 6) is 1.71. The van der Waals surface area contributed by atoms with E-state index in [0.717, 1.165) is 61.6 Å². The number of benzene rings is 1. The Kier molecular flexibility index (Phi) is 4.74. The molecule has 2 aliphatic rings. The van der Waals surface area contributed by atoms with E-state index < -0.39 is 0 Å². The van der Waals surface area contributed by atoms with Crippen LogP contribution in [0, 0.1) is 5.92 Å². The van der Waals surface area contributed by atoms with Crippen LogP contribution in [0.15, 0.2) is 42.9 Å². The molecule has 0 bridgehead atoms. The highest BCUT2D eigenvalue weighted by molar-refractivity contribution is 5.88. The van der Waals surface area contributed by atoms with Crippen molar-refractivity contribution in [1.82, 2.24) is 19.7 Å². The van der Waals surface area contributed by atoms with E-state index >= 15 is 0 Å². The first-order chi connectivity index (χ1) is 13.7. The molecule has 3 heterocycles. The minimum atomic E-state index is 0.743. The molecule has 0 unspecified atom stereocenters. The van der Waals surface area contributed by atoms with Crippen LogP contribution in [-0.2, 0) is 11.8 Å². The molecule has 28 heavy (non-hydrogen) atoms. The fraction of sp³-hybridized carbons (Fsp3) is 0.455. The Hall–Kier alpha value is -2.44. The van der Waals surface area contributed by atoms with Gasteiger partial charge >= 0.3 is 0 Å². The molecule has 1 saturated carbocycles. The molecule has 2 fully saturated rings. The maximum absolute atomic E-state index is 5.46. The third-order valence-corrected chi connectivity index (χ3v) is 6.10. The van der Waals surface area contributed by atoms with E-state index in [0.29, 0.717) is 0 Å². The average Bonchev–Trinajstić information content (AvgIpc) is 3.13. The molecule has 6 nitrogen and oxygen atoms in total. The molecule has 0 amide bonds. The fourth-order valence-electron chi connectivity index (χ4n) is 4.34. The first kappa shape index (κ1) is 17.6. The van der Waals surface area contributed by atoms with E-state index in [4.69, 9.17) is 4.74 Å². The van der Waals surface area contributed by atoms with Gasteiger partial charge in [0.2, 0.25) is 0 Å². The molecule has 6 heteroatoms. The molecule has 3 aromatic rings. The van der Waals surface area contributed by atoms with Crippen molar-refractivity contribution in [3.8, 4) is 11.1 Å². The number of ether oxygens (including phenoxy) is 1. The van der Waals surface area contributed by atoms with Gasteiger partial charge in [0.15, 0.2) is 0 Å². The molecule has 0 spiro atoms. The molecule has 0 radical (unpaired) electrons. The van der Waals surface area contributed by atoms with E-state index in [2.05, 4.69) is 44.6 Å². The number of nitrogens with zero attached hydrogens (tertiary/aromatic N) is 4. The van der Waals surface area contributed by atoms with Crippen molar-refractivity contribution in [3.05, 3.63) is 42.9 Å². The van der Waals surface area contributed by atoms with Crippen LogP contribution in [0.1, 0.15) is 12.8 Å². The van der Waals surface area contributed by atoms with Crippen LogP contribution in [-0.4, -0.2) is 58.6 Å². The minimum absolute atomic E-state index is 0.743. The molecule has 5 rings (SSSR count). The molecule has 1 N–H and O–H groups in total. The lowest BCUT2D eigenvalue weighted by Gasteiger charge is -2.44. The highest BCUT2D eigenvalue weighted by atomic mass is 16.5. The minimum Gasteiger partial charge on any atom is -0.379 e. The summed E-state index contributed by atoms with van der Waals surface area (Å²) in [6.45, 7) is 4.97. The number of fused-ring (bicyclic) bond motifs is 1. The molecule has 1 saturated heterocycles. The first-order valence-corrected chi connectivity index (χ1v) is 10.2. The van der Waals surface area contributed by atoms with Crippen LogP contribution in [0.25, 0.3) is 21.9 Å². The van der Waals surface area contributed by atoms with Crippen LogP contribution in [0.2, 0.25) is 0 Å². The number of aryl methyl sites for hydroxylation is 1. The number of pyridine rings is 1. The third-order valence-electron chi connectivity index (χ3n) is 6.10. The largest absolute Gasteiger partial charge is 0.379 e. The van der Waals surface area contributed by atoms with Crippen LogP contribution in [0.5, 0.6) is 0 Å². The van der Waals surface area contributed by atoms with Crippen LogP contribution in [0.3, 0.4) is 0 Å². The molecule has 0 atom stereocenters. The van der Waals surface area contributed by atoms with Gasteiger partial charge in [0.1, 0.15) is 5.82 Å². The number of anilines is 1. The van der Waals surface area contributed by atoms with Gasteiger partial charge in [-0.25, -0.2) is 4.98 Å². The zero-order chi connectivity index (χ0) is 18.9. The van der Waals surface area contributed by atoms with E-state index in [-0.39, 0.29) is 0 Å². The maximum Gasteiger partial charge on any atom is 0.126 e. The van der Waals surface area contributed by atoms with Crippen LogP contribution >= 0.6 is 0 Å². The molecular formula is C22H27N5O. The van der Waals surface area contributed by atoms with Gasteiger partial charge in [0, 0.05) is 56.1 Å². The quantitative estimate of drug-likeness (QED) is 0.740. The second kappa shape index (κ2) is 7.53. The van der Waals surface area contributed by atoms with Crippen molar-refractivity contribution >= 4 is 16.6 Å². The summed E-state index contributed by atoms with van der Waals surface area (Å²) in [7, 11) is 1.94. The van der Waals surface area contributed by atoms with Crippen molar-refractivity contribution in [2.75, 3.05) is 38.2 Å². The van der Waals surface area contributed by atoms with Crippen molar-refractivity contribution in [2.45, 2.75) is 18.9 Å². The van der Waals surface area contributed by atoms with Crippen molar-refractivity contribution < 1.29 is 4.74 Å². The Bertz CT molecular complexity index is 956. The molecule has 1 aliphatic carbocycles. The zero-order valence-electron chi connectivity index (χ0n) is 16.3. The Morgan fingerprint density at radius 1 is 1.07 bits per heavy atom. The lowest BCUT2D eigenvalue weighted by atomic mass is 9.79. The van der Waals surface area contributed by atoms with Gasteiger partial charge in [-0.1, -0.05) is 12.1 Å². The Balaban J connectivity index is 1.21. The lowest BCUT2D eigenvalue weighted by molar-refractivity contribution is -0.0151. The molecule has 146 valence electrons. The third kappa shape index (κ3) is 3.62. The molecule has 2 aromatic heterocycles. The van der Waals surface area contributed by atoms with Crippen LogP contribution in [0.4, 0.5) is 5.82 Å². The van der Waals surface area contributed by atoms with Gasteiger partial charge in [-0.15, -0.1) is 0 Å². The standard InChI is InChI=1S/C22H27N5O/c1-26-15-20(14-25-26)17-2-3-18-13-24-22(11-19(18)10-17)23-12-16-8-21(9-16)27-4-6-28-7-5-27/h2-3,10-11,13-16,21H,4-9,12H2,1H3,(H,23,24). The predicted molar refractivity (Wildman–Crippen MR) is 111 cm³/mol. The second-order valence-electron chi connectivity index (χ2n) is 8.05. The van der Waals surface area contributed by atoms with Gasteiger partial charge in [-0.2, -0.15) is 5.10 Å². The second-order valence-corrected chi connectivity index (χ2v) is 8.05. The monoisotopic (exact) mass is 377 g/mol. The maximum atomic E-state index is 5.46. The molecular weight excluding hydrogens is 350 g/mol. The normalized spacial score (nSPS) is 22.9. The highest BCUT2D eigenvalue weighted by Gasteiger charge is 2.33. The summed E-state index contributed by atoms with van der Waals surface area (Å²) in [6, 6.07) is 9.40. The number of rotatable bonds is 5. The van der Waals surface area contributed by atoms with Crippen LogP contribution < -0.4 is 5.32 Å². The van der Waals surface area contributed by atoms with Gasteiger partial charge in [0.25, 0.3) is 0 Å². The van der Waals surface area contributed by atoms with E-state index in [1.54, 1.807) is 0 Å². The predicted octanol–water partition coefficient (Wildman–Crippen LogP) is 3.16. The van der Waals surface area contributed by atoms with E-state index in [1.165, 1.54) is 23.8 Å². The van der Waals surface area contributed by atoms with E-state index in [1.807, 2.05) is 30.3 Å². The number of aromatic nitrogens is 3. The summed E-state index contributed by atoms with van der Waals surface area (Å²) < 4.78 is 7.29. The average molecular weight is 377 g/mol.